The zero-order valence-corrected chi connectivity index (χ0v) is 25.4. The molecule has 0 spiro atoms. The minimum absolute atomic E-state index is 0.0701. The lowest BCUT2D eigenvalue weighted by Gasteiger charge is -2.37. The van der Waals surface area contributed by atoms with Gasteiger partial charge in [-0.2, -0.15) is 0 Å². The van der Waals surface area contributed by atoms with E-state index in [4.69, 9.17) is 25.8 Å². The van der Waals surface area contributed by atoms with Gasteiger partial charge in [0.25, 0.3) is 5.91 Å². The first-order valence-electron chi connectivity index (χ1n) is 14.3. The Labute approximate surface area is 248 Å². The van der Waals surface area contributed by atoms with Gasteiger partial charge in [-0.1, -0.05) is 56.8 Å². The van der Waals surface area contributed by atoms with Crippen LogP contribution in [-0.4, -0.2) is 71.7 Å². The van der Waals surface area contributed by atoms with Crippen molar-refractivity contribution in [3.8, 4) is 5.75 Å². The van der Waals surface area contributed by atoms with Crippen LogP contribution in [0.2, 0.25) is 5.02 Å². The average molecular weight is 590 g/mol. The van der Waals surface area contributed by atoms with Crippen LogP contribution < -0.4 is 20.7 Å². The molecule has 226 valence electrons. The molecule has 0 aromatic heterocycles. The Morgan fingerprint density at radius 1 is 1.10 bits per heavy atom. The Bertz CT molecular complexity index is 1130. The molecule has 1 aliphatic rings. The predicted molar refractivity (Wildman–Crippen MR) is 160 cm³/mol. The van der Waals surface area contributed by atoms with E-state index < -0.39 is 12.2 Å². The summed E-state index contributed by atoms with van der Waals surface area (Å²) in [5.74, 6) is 0.375. The van der Waals surface area contributed by atoms with Crippen molar-refractivity contribution in [3.63, 3.8) is 0 Å². The van der Waals surface area contributed by atoms with Crippen LogP contribution in [0.4, 0.5) is 4.79 Å². The number of carbonyl (C=O) groups excluding carboxylic acids is 2. The Balaban J connectivity index is 1.86. The highest BCUT2D eigenvalue weighted by Crippen LogP contribution is 2.33. The maximum atomic E-state index is 13.4. The van der Waals surface area contributed by atoms with Gasteiger partial charge < -0.3 is 34.9 Å². The Morgan fingerprint density at radius 2 is 1.90 bits per heavy atom. The molecule has 3 N–H and O–H groups in total. The molecule has 0 aliphatic carbocycles. The van der Waals surface area contributed by atoms with E-state index in [0.29, 0.717) is 42.7 Å². The Morgan fingerprint density at radius 3 is 2.56 bits per heavy atom. The summed E-state index contributed by atoms with van der Waals surface area (Å²) in [6, 6.07) is 13.0. The molecule has 1 unspecified atom stereocenters. The van der Waals surface area contributed by atoms with Crippen molar-refractivity contribution in [2.24, 2.45) is 5.41 Å². The zero-order valence-electron chi connectivity index (χ0n) is 24.6. The third kappa shape index (κ3) is 10.5. The number of likely N-dealkylation sites (N-methyl/N-ethyl adjacent to an activating group) is 1. The van der Waals surface area contributed by atoms with Gasteiger partial charge in [0.1, 0.15) is 11.9 Å². The number of amides is 2. The third-order valence-corrected chi connectivity index (χ3v) is 7.28. The molecule has 0 saturated carbocycles. The van der Waals surface area contributed by atoms with Gasteiger partial charge in [-0.15, -0.1) is 0 Å². The van der Waals surface area contributed by atoms with Crippen molar-refractivity contribution in [2.45, 2.75) is 51.7 Å². The van der Waals surface area contributed by atoms with Gasteiger partial charge in [0, 0.05) is 35.1 Å². The van der Waals surface area contributed by atoms with Crippen LogP contribution in [0.3, 0.4) is 0 Å². The zero-order chi connectivity index (χ0) is 29.7. The first kappa shape index (κ1) is 32.7. The van der Waals surface area contributed by atoms with Crippen LogP contribution in [0.1, 0.15) is 67.1 Å². The smallest absolute Gasteiger partial charge is 0.406 e. The fourth-order valence-corrected chi connectivity index (χ4v) is 4.74. The SMILES string of the molecule is CCCCC[C@@H](CNC(=O)c1cc(OCC2(C)COC2)cc(C(OCCNC(=O)OC)c2cccc(Cl)c2)c1)NC. The molecule has 41 heavy (non-hydrogen) atoms. The fourth-order valence-electron chi connectivity index (χ4n) is 4.54. The first-order valence-corrected chi connectivity index (χ1v) is 14.6. The van der Waals surface area contributed by atoms with Crippen LogP contribution in [0.25, 0.3) is 0 Å². The average Bonchev–Trinajstić information content (AvgIpc) is 2.96. The molecule has 0 radical (unpaired) electrons. The molecule has 1 heterocycles. The number of benzene rings is 2. The van der Waals surface area contributed by atoms with Crippen molar-refractivity contribution >= 4 is 23.6 Å². The highest BCUT2D eigenvalue weighted by molar-refractivity contribution is 6.30. The molecule has 9 nitrogen and oxygen atoms in total. The number of hydrogen-bond acceptors (Lipinski definition) is 7. The van der Waals surface area contributed by atoms with E-state index in [9.17, 15) is 9.59 Å². The van der Waals surface area contributed by atoms with E-state index in [1.807, 2.05) is 37.4 Å². The summed E-state index contributed by atoms with van der Waals surface area (Å²) < 4.78 is 22.5. The lowest BCUT2D eigenvalue weighted by molar-refractivity contribution is -0.120. The van der Waals surface area contributed by atoms with Crippen LogP contribution in [-0.2, 0) is 14.2 Å². The fraction of sp³-hybridized carbons (Fsp3) is 0.548. The number of rotatable bonds is 17. The van der Waals surface area contributed by atoms with Gasteiger partial charge in [0.2, 0.25) is 0 Å². The van der Waals surface area contributed by atoms with Crippen LogP contribution in [0.5, 0.6) is 5.75 Å². The number of carbonyl (C=O) groups is 2. The van der Waals surface area contributed by atoms with Gasteiger partial charge >= 0.3 is 6.09 Å². The van der Waals surface area contributed by atoms with Gasteiger partial charge in [0.05, 0.1) is 33.5 Å². The molecule has 3 rings (SSSR count). The number of hydrogen-bond donors (Lipinski definition) is 3. The van der Waals surface area contributed by atoms with E-state index >= 15 is 0 Å². The lowest BCUT2D eigenvalue weighted by Crippen LogP contribution is -2.44. The topological polar surface area (TPSA) is 107 Å². The molecule has 1 fully saturated rings. The van der Waals surface area contributed by atoms with Crippen molar-refractivity contribution in [1.82, 2.24) is 16.0 Å². The van der Waals surface area contributed by atoms with Crippen molar-refractivity contribution in [3.05, 3.63) is 64.2 Å². The molecule has 10 heteroatoms. The number of nitrogens with one attached hydrogen (secondary N) is 3. The van der Waals surface area contributed by atoms with Gasteiger partial charge in [-0.25, -0.2) is 4.79 Å². The Kier molecular flexibility index (Phi) is 13.2. The minimum Gasteiger partial charge on any atom is -0.493 e. The summed E-state index contributed by atoms with van der Waals surface area (Å²) >= 11 is 6.33. The molecule has 2 aromatic carbocycles. The summed E-state index contributed by atoms with van der Waals surface area (Å²) in [7, 11) is 3.23. The van der Waals surface area contributed by atoms with E-state index in [-0.39, 0.29) is 30.5 Å². The molecular weight excluding hydrogens is 546 g/mol. The van der Waals surface area contributed by atoms with Crippen LogP contribution in [0, 0.1) is 5.41 Å². The molecule has 0 bridgehead atoms. The van der Waals surface area contributed by atoms with Gasteiger partial charge in [-0.05, 0) is 54.9 Å². The van der Waals surface area contributed by atoms with E-state index in [1.165, 1.54) is 13.5 Å². The van der Waals surface area contributed by atoms with Crippen molar-refractivity contribution < 1.29 is 28.5 Å². The highest BCUT2D eigenvalue weighted by Gasteiger charge is 2.34. The number of unbranched alkanes of at least 4 members (excludes halogenated alkanes) is 2. The number of halogens is 1. The summed E-state index contributed by atoms with van der Waals surface area (Å²) in [6.45, 7) is 6.97. The van der Waals surface area contributed by atoms with E-state index in [1.54, 1.807) is 12.1 Å². The Hall–Kier alpha value is -2.85. The molecule has 2 atom stereocenters. The monoisotopic (exact) mass is 589 g/mol. The van der Waals surface area contributed by atoms with Crippen molar-refractivity contribution in [1.29, 1.82) is 0 Å². The standard InChI is InChI=1S/C31H44ClN3O6/c1-5-6-7-11-26(33-3)18-35-29(36)24-14-23(16-27(17-24)41-21-31(2)19-39-20-31)28(22-9-8-10-25(32)15-22)40-13-12-34-30(37)38-4/h8-10,14-17,26,28,33H,5-7,11-13,18-21H2,1-4H3,(H,34,37)(H,35,36)/t26-,28?/m0/s1. The normalized spacial score (nSPS) is 15.3. The molecule has 2 aromatic rings. The molecule has 1 aliphatic heterocycles. The summed E-state index contributed by atoms with van der Waals surface area (Å²) in [5.41, 5.74) is 1.94. The second-order valence-electron chi connectivity index (χ2n) is 10.8. The number of ether oxygens (including phenoxy) is 4. The predicted octanol–water partition coefficient (Wildman–Crippen LogP) is 5.12. The van der Waals surface area contributed by atoms with Crippen molar-refractivity contribution in [2.75, 3.05) is 53.7 Å². The summed E-state index contributed by atoms with van der Waals surface area (Å²) in [5, 5.41) is 9.58. The molecule has 2 amide bonds. The molecule has 1 saturated heterocycles. The third-order valence-electron chi connectivity index (χ3n) is 7.05. The second-order valence-corrected chi connectivity index (χ2v) is 11.2. The largest absolute Gasteiger partial charge is 0.493 e. The van der Waals surface area contributed by atoms with Gasteiger partial charge in [-0.3, -0.25) is 4.79 Å². The number of alkyl carbamates (subject to hydrolysis) is 1. The summed E-state index contributed by atoms with van der Waals surface area (Å²) in [4.78, 5) is 24.9. The summed E-state index contributed by atoms with van der Waals surface area (Å²) in [6.07, 6.45) is 3.31. The number of methoxy groups -OCH3 is 1. The first-order chi connectivity index (χ1) is 19.8. The second kappa shape index (κ2) is 16.6. The maximum absolute atomic E-state index is 13.4. The quantitative estimate of drug-likeness (QED) is 0.220. The highest BCUT2D eigenvalue weighted by atomic mass is 35.5. The van der Waals surface area contributed by atoms with Crippen LogP contribution in [0.15, 0.2) is 42.5 Å². The van der Waals surface area contributed by atoms with E-state index in [0.717, 1.165) is 30.4 Å². The lowest BCUT2D eigenvalue weighted by atomic mass is 9.90. The maximum Gasteiger partial charge on any atom is 0.406 e. The molecular formula is C31H44ClN3O6. The van der Waals surface area contributed by atoms with E-state index in [2.05, 4.69) is 34.5 Å². The minimum atomic E-state index is -0.565. The van der Waals surface area contributed by atoms with Gasteiger partial charge in [0.15, 0.2) is 0 Å². The van der Waals surface area contributed by atoms with Crippen LogP contribution >= 0.6 is 11.6 Å².